The summed E-state index contributed by atoms with van der Waals surface area (Å²) >= 11 is 0. The Morgan fingerprint density at radius 2 is 2.08 bits per heavy atom. The molecule has 0 radical (unpaired) electrons. The Labute approximate surface area is 70.6 Å². The lowest BCUT2D eigenvalue weighted by atomic mass is 10.1. The van der Waals surface area contributed by atoms with Gasteiger partial charge in [0.1, 0.15) is 11.6 Å². The van der Waals surface area contributed by atoms with E-state index in [0.717, 1.165) is 0 Å². The Hall–Kier alpha value is -1.76. The van der Waals surface area contributed by atoms with Crippen LogP contribution in [0.3, 0.4) is 0 Å². The first kappa shape index (κ1) is 10.2. The molecule has 0 aliphatic carbocycles. The van der Waals surface area contributed by atoms with E-state index in [1.165, 1.54) is 13.0 Å². The van der Waals surface area contributed by atoms with E-state index in [4.69, 9.17) is 16.1 Å². The van der Waals surface area contributed by atoms with E-state index in [-0.39, 0.29) is 5.57 Å². The number of rotatable bonds is 2. The Kier molecular flexibility index (Phi) is 3.57. The molecule has 0 atom stereocenters. The van der Waals surface area contributed by atoms with Crippen LogP contribution in [0.2, 0.25) is 0 Å². The number of allylic oxidation sites excluding steroid dienone is 3. The van der Waals surface area contributed by atoms with Crippen LogP contribution >= 0.6 is 0 Å². The van der Waals surface area contributed by atoms with Gasteiger partial charge in [-0.25, -0.2) is 4.79 Å². The van der Waals surface area contributed by atoms with Crippen LogP contribution in [0, 0.1) is 11.3 Å². The molecule has 64 valence electrons. The first-order valence-corrected chi connectivity index (χ1v) is 3.27. The lowest BCUT2D eigenvalue weighted by Crippen LogP contribution is -2.01. The molecule has 0 aromatic rings. The molecule has 0 spiro atoms. The van der Waals surface area contributed by atoms with Crippen LogP contribution in [0.1, 0.15) is 13.8 Å². The average molecular weight is 166 g/mol. The van der Waals surface area contributed by atoms with Crippen molar-refractivity contribution < 1.29 is 9.90 Å². The van der Waals surface area contributed by atoms with Gasteiger partial charge in [0, 0.05) is 5.70 Å². The SMILES string of the molecule is CC(N)=CC(C)=C(C#N)C(=O)O. The van der Waals surface area contributed by atoms with Gasteiger partial charge in [0.05, 0.1) is 0 Å². The second-order valence-electron chi connectivity index (χ2n) is 2.36. The van der Waals surface area contributed by atoms with Crippen LogP contribution in [-0.2, 0) is 4.79 Å². The smallest absolute Gasteiger partial charge is 0.346 e. The van der Waals surface area contributed by atoms with Crippen molar-refractivity contribution >= 4 is 5.97 Å². The maximum atomic E-state index is 10.4. The standard InChI is InChI=1S/C8H10N2O2/c1-5(3-6(2)10)7(4-9)8(11)12/h3H,10H2,1-2H3,(H,11,12). The number of nitrogens with zero attached hydrogens (tertiary/aromatic N) is 1. The predicted octanol–water partition coefficient (Wildman–Crippen LogP) is 0.774. The quantitative estimate of drug-likeness (QED) is 0.360. The Morgan fingerprint density at radius 1 is 1.58 bits per heavy atom. The van der Waals surface area contributed by atoms with Crippen molar-refractivity contribution in [2.24, 2.45) is 5.73 Å². The van der Waals surface area contributed by atoms with Gasteiger partial charge in [-0.3, -0.25) is 0 Å². The van der Waals surface area contributed by atoms with Gasteiger partial charge >= 0.3 is 5.97 Å². The van der Waals surface area contributed by atoms with E-state index in [1.807, 2.05) is 0 Å². The van der Waals surface area contributed by atoms with Crippen LogP contribution in [0.5, 0.6) is 0 Å². The molecule has 0 heterocycles. The van der Waals surface area contributed by atoms with Crippen LogP contribution < -0.4 is 5.73 Å². The van der Waals surface area contributed by atoms with E-state index in [2.05, 4.69) is 0 Å². The number of nitrogens with two attached hydrogens (primary N) is 1. The minimum absolute atomic E-state index is 0.278. The van der Waals surface area contributed by atoms with Gasteiger partial charge in [0.25, 0.3) is 0 Å². The maximum absolute atomic E-state index is 10.4. The highest BCUT2D eigenvalue weighted by Gasteiger charge is 2.08. The summed E-state index contributed by atoms with van der Waals surface area (Å²) in [4.78, 5) is 10.4. The average Bonchev–Trinajstić information content (AvgIpc) is 1.85. The fraction of sp³-hybridized carbons (Fsp3) is 0.250. The van der Waals surface area contributed by atoms with Crippen molar-refractivity contribution in [3.05, 3.63) is 22.9 Å². The van der Waals surface area contributed by atoms with Crippen molar-refractivity contribution in [1.82, 2.24) is 0 Å². The molecule has 12 heavy (non-hydrogen) atoms. The lowest BCUT2D eigenvalue weighted by Gasteiger charge is -1.95. The third-order valence-corrected chi connectivity index (χ3v) is 1.16. The van der Waals surface area contributed by atoms with Crippen molar-refractivity contribution in [1.29, 1.82) is 5.26 Å². The molecule has 4 nitrogen and oxygen atoms in total. The molecular weight excluding hydrogens is 156 g/mol. The summed E-state index contributed by atoms with van der Waals surface area (Å²) in [5.41, 5.74) is 5.87. The number of nitriles is 1. The number of hydrogen-bond donors (Lipinski definition) is 2. The number of hydrogen-bond acceptors (Lipinski definition) is 3. The van der Waals surface area contributed by atoms with E-state index in [1.54, 1.807) is 13.0 Å². The summed E-state index contributed by atoms with van der Waals surface area (Å²) in [5, 5.41) is 16.9. The molecule has 0 bridgehead atoms. The first-order valence-electron chi connectivity index (χ1n) is 3.27. The maximum Gasteiger partial charge on any atom is 0.346 e. The molecule has 0 rings (SSSR count). The minimum atomic E-state index is -1.23. The summed E-state index contributed by atoms with van der Waals surface area (Å²) in [6.45, 7) is 3.16. The van der Waals surface area contributed by atoms with E-state index < -0.39 is 5.97 Å². The summed E-state index contributed by atoms with van der Waals surface area (Å²) in [7, 11) is 0. The van der Waals surface area contributed by atoms with Crippen LogP contribution in [0.15, 0.2) is 22.9 Å². The summed E-state index contributed by atoms with van der Waals surface area (Å²) < 4.78 is 0. The highest BCUT2D eigenvalue weighted by Crippen LogP contribution is 2.05. The zero-order chi connectivity index (χ0) is 9.72. The highest BCUT2D eigenvalue weighted by molar-refractivity contribution is 5.92. The molecular formula is C8H10N2O2. The molecule has 0 fully saturated rings. The van der Waals surface area contributed by atoms with Gasteiger partial charge in [-0.05, 0) is 25.5 Å². The third-order valence-electron chi connectivity index (χ3n) is 1.16. The van der Waals surface area contributed by atoms with Gasteiger partial charge < -0.3 is 10.8 Å². The molecule has 4 heteroatoms. The predicted molar refractivity (Wildman–Crippen MR) is 43.9 cm³/mol. The Balaban J connectivity index is 5.03. The second-order valence-corrected chi connectivity index (χ2v) is 2.36. The summed E-state index contributed by atoms with van der Waals surface area (Å²) in [6.07, 6.45) is 1.45. The molecule has 0 saturated carbocycles. The van der Waals surface area contributed by atoms with Gasteiger partial charge in [-0.1, -0.05) is 0 Å². The van der Waals surface area contributed by atoms with Gasteiger partial charge in [0.2, 0.25) is 0 Å². The molecule has 0 saturated heterocycles. The van der Waals surface area contributed by atoms with Gasteiger partial charge in [-0.15, -0.1) is 0 Å². The Bertz CT molecular complexity index is 291. The van der Waals surface area contributed by atoms with E-state index in [0.29, 0.717) is 11.3 Å². The number of carboxylic acid groups (broad SMARTS) is 1. The van der Waals surface area contributed by atoms with Crippen LogP contribution in [0.4, 0.5) is 0 Å². The van der Waals surface area contributed by atoms with E-state index >= 15 is 0 Å². The second kappa shape index (κ2) is 4.19. The van der Waals surface area contributed by atoms with Gasteiger partial charge in [0.15, 0.2) is 0 Å². The first-order chi connectivity index (χ1) is 5.49. The normalized spacial score (nSPS) is 13.2. The molecule has 3 N–H and O–H groups in total. The lowest BCUT2D eigenvalue weighted by molar-refractivity contribution is -0.132. The van der Waals surface area contributed by atoms with Crippen molar-refractivity contribution in [3.63, 3.8) is 0 Å². The van der Waals surface area contributed by atoms with Crippen molar-refractivity contribution in [2.45, 2.75) is 13.8 Å². The zero-order valence-corrected chi connectivity index (χ0v) is 6.96. The minimum Gasteiger partial charge on any atom is -0.477 e. The topological polar surface area (TPSA) is 87.1 Å². The fourth-order valence-electron chi connectivity index (χ4n) is 0.718. The van der Waals surface area contributed by atoms with Crippen molar-refractivity contribution in [2.75, 3.05) is 0 Å². The van der Waals surface area contributed by atoms with Crippen molar-refractivity contribution in [3.8, 4) is 6.07 Å². The number of aliphatic carboxylic acids is 1. The summed E-state index contributed by atoms with van der Waals surface area (Å²) in [6, 6.07) is 1.59. The van der Waals surface area contributed by atoms with Gasteiger partial charge in [-0.2, -0.15) is 5.26 Å². The summed E-state index contributed by atoms with van der Waals surface area (Å²) in [5.74, 6) is -1.23. The monoisotopic (exact) mass is 166 g/mol. The molecule has 0 unspecified atom stereocenters. The number of carbonyl (C=O) groups is 1. The molecule has 0 aliphatic rings. The Morgan fingerprint density at radius 3 is 2.33 bits per heavy atom. The van der Waals surface area contributed by atoms with Crippen LogP contribution in [0.25, 0.3) is 0 Å². The molecule has 0 aromatic heterocycles. The largest absolute Gasteiger partial charge is 0.477 e. The molecule has 0 aromatic carbocycles. The fourth-order valence-corrected chi connectivity index (χ4v) is 0.718. The van der Waals surface area contributed by atoms with Crippen LogP contribution in [-0.4, -0.2) is 11.1 Å². The third kappa shape index (κ3) is 2.88. The zero-order valence-electron chi connectivity index (χ0n) is 6.96. The molecule has 0 amide bonds. The number of carboxylic acids is 1. The highest BCUT2D eigenvalue weighted by atomic mass is 16.4. The van der Waals surface area contributed by atoms with E-state index in [9.17, 15) is 4.79 Å². The molecule has 0 aliphatic heterocycles.